The summed E-state index contributed by atoms with van der Waals surface area (Å²) >= 11 is 6.03. The van der Waals surface area contributed by atoms with Gasteiger partial charge in [-0.15, -0.1) is 0 Å². The molecular weight excluding hydrogens is 502 g/mol. The minimum absolute atomic E-state index is 0.0603. The first-order valence-corrected chi connectivity index (χ1v) is 13.0. The summed E-state index contributed by atoms with van der Waals surface area (Å²) in [4.78, 5) is 30.7. The van der Waals surface area contributed by atoms with Crippen LogP contribution in [0, 0.1) is 24.2 Å². The van der Waals surface area contributed by atoms with E-state index in [1.807, 2.05) is 24.3 Å². The van der Waals surface area contributed by atoms with Crippen LogP contribution in [0.3, 0.4) is 0 Å². The SMILES string of the molecule is COc1ccc(C#N)c(-n2c(=O)n(C[C@H]3CC[C@H](NC(=O)c4cc(Cl)cnc4C)CC3)c3ccccc32)c1. The molecule has 8 nitrogen and oxygen atoms in total. The first-order valence-electron chi connectivity index (χ1n) is 12.6. The van der Waals surface area contributed by atoms with Crippen molar-refractivity contribution in [3.05, 3.63) is 87.1 Å². The summed E-state index contributed by atoms with van der Waals surface area (Å²) < 4.78 is 8.77. The zero-order chi connectivity index (χ0) is 26.8. The summed E-state index contributed by atoms with van der Waals surface area (Å²) in [5.74, 6) is 0.703. The fraction of sp³-hybridized carbons (Fsp3) is 0.310. The lowest BCUT2D eigenvalue weighted by Gasteiger charge is -2.29. The van der Waals surface area contributed by atoms with E-state index in [-0.39, 0.29) is 23.6 Å². The summed E-state index contributed by atoms with van der Waals surface area (Å²) in [5, 5.41) is 13.3. The van der Waals surface area contributed by atoms with Crippen molar-refractivity contribution in [1.29, 1.82) is 5.26 Å². The largest absolute Gasteiger partial charge is 0.497 e. The molecule has 0 spiro atoms. The molecule has 5 rings (SSSR count). The average Bonchev–Trinajstić information content (AvgIpc) is 3.21. The number of amides is 1. The van der Waals surface area contributed by atoms with E-state index < -0.39 is 0 Å². The van der Waals surface area contributed by atoms with E-state index in [0.717, 1.165) is 36.7 Å². The fourth-order valence-electron chi connectivity index (χ4n) is 5.28. The second kappa shape index (κ2) is 10.7. The van der Waals surface area contributed by atoms with Gasteiger partial charge in [-0.1, -0.05) is 23.7 Å². The Morgan fingerprint density at radius 3 is 2.61 bits per heavy atom. The number of hydrogen-bond donors (Lipinski definition) is 1. The molecule has 1 N–H and O–H groups in total. The standard InChI is InChI=1S/C29H28ClN5O3/c1-18-24(13-21(30)16-32-18)28(36)33-22-10-7-19(8-11-22)17-34-25-5-3-4-6-26(25)35(29(34)37)27-14-23(38-2)12-9-20(27)15-31/h3-6,9,12-14,16,19,22H,7-8,10-11,17H2,1-2H3,(H,33,36)/t19-,22-. The highest BCUT2D eigenvalue weighted by Crippen LogP contribution is 2.29. The number of nitrogens with one attached hydrogen (secondary N) is 1. The number of aromatic nitrogens is 3. The number of benzene rings is 2. The Balaban J connectivity index is 1.36. The second-order valence-electron chi connectivity index (χ2n) is 9.69. The van der Waals surface area contributed by atoms with Crippen LogP contribution in [0.25, 0.3) is 16.7 Å². The van der Waals surface area contributed by atoms with Gasteiger partial charge >= 0.3 is 5.69 Å². The van der Waals surface area contributed by atoms with Gasteiger partial charge in [-0.25, -0.2) is 4.79 Å². The molecule has 0 unspecified atom stereocenters. The number of halogens is 1. The van der Waals surface area contributed by atoms with E-state index >= 15 is 0 Å². The molecule has 1 amide bonds. The van der Waals surface area contributed by atoms with Crippen LogP contribution in [0.1, 0.15) is 47.3 Å². The summed E-state index contributed by atoms with van der Waals surface area (Å²) in [6, 6.07) is 16.6. The van der Waals surface area contributed by atoms with Crippen molar-refractivity contribution in [1.82, 2.24) is 19.4 Å². The summed E-state index contributed by atoms with van der Waals surface area (Å²) in [5.41, 5.74) is 3.43. The minimum atomic E-state index is -0.185. The van der Waals surface area contributed by atoms with Crippen molar-refractivity contribution in [2.45, 2.75) is 45.2 Å². The molecular formula is C29H28ClN5O3. The Labute approximate surface area is 225 Å². The number of carbonyl (C=O) groups is 1. The topological polar surface area (TPSA) is 102 Å². The van der Waals surface area contributed by atoms with Crippen molar-refractivity contribution in [3.8, 4) is 17.5 Å². The first kappa shape index (κ1) is 25.6. The molecule has 1 aliphatic rings. The molecule has 1 aliphatic carbocycles. The zero-order valence-corrected chi connectivity index (χ0v) is 22.0. The van der Waals surface area contributed by atoms with Crippen LogP contribution in [0.15, 0.2) is 59.5 Å². The second-order valence-corrected chi connectivity index (χ2v) is 10.1. The van der Waals surface area contributed by atoms with Crippen LogP contribution >= 0.6 is 11.6 Å². The fourth-order valence-corrected chi connectivity index (χ4v) is 5.44. The quantitative estimate of drug-likeness (QED) is 0.378. The van der Waals surface area contributed by atoms with E-state index in [4.69, 9.17) is 16.3 Å². The lowest BCUT2D eigenvalue weighted by Crippen LogP contribution is -2.39. The minimum Gasteiger partial charge on any atom is -0.497 e. The van der Waals surface area contributed by atoms with Crippen LogP contribution in [0.2, 0.25) is 5.02 Å². The van der Waals surface area contributed by atoms with Gasteiger partial charge in [0, 0.05) is 24.8 Å². The van der Waals surface area contributed by atoms with Crippen molar-refractivity contribution >= 4 is 28.5 Å². The van der Waals surface area contributed by atoms with E-state index in [0.29, 0.717) is 39.8 Å². The number of nitrogens with zero attached hydrogens (tertiary/aromatic N) is 4. The number of rotatable bonds is 6. The van der Waals surface area contributed by atoms with Crippen LogP contribution in [0.5, 0.6) is 5.75 Å². The monoisotopic (exact) mass is 529 g/mol. The Morgan fingerprint density at radius 2 is 1.89 bits per heavy atom. The van der Waals surface area contributed by atoms with Gasteiger partial charge in [0.2, 0.25) is 0 Å². The Morgan fingerprint density at radius 1 is 1.16 bits per heavy atom. The molecule has 0 bridgehead atoms. The van der Waals surface area contributed by atoms with E-state index in [9.17, 15) is 14.9 Å². The van der Waals surface area contributed by atoms with E-state index in [1.165, 1.54) is 6.20 Å². The van der Waals surface area contributed by atoms with Gasteiger partial charge in [-0.3, -0.25) is 18.9 Å². The Kier molecular flexibility index (Phi) is 7.21. The number of methoxy groups -OCH3 is 1. The molecule has 0 saturated heterocycles. The molecule has 1 fully saturated rings. The number of nitriles is 1. The molecule has 0 atom stereocenters. The van der Waals surface area contributed by atoms with Crippen molar-refractivity contribution in [2.75, 3.05) is 7.11 Å². The van der Waals surface area contributed by atoms with Gasteiger partial charge in [-0.2, -0.15) is 5.26 Å². The number of aryl methyl sites for hydroxylation is 1. The lowest BCUT2D eigenvalue weighted by molar-refractivity contribution is 0.0919. The van der Waals surface area contributed by atoms with Crippen LogP contribution in [-0.2, 0) is 6.54 Å². The molecule has 4 aromatic rings. The smallest absolute Gasteiger partial charge is 0.333 e. The average molecular weight is 530 g/mol. The van der Waals surface area contributed by atoms with Crippen molar-refractivity contribution in [3.63, 3.8) is 0 Å². The maximum atomic E-state index is 13.8. The van der Waals surface area contributed by atoms with Gasteiger partial charge in [0.1, 0.15) is 11.8 Å². The lowest BCUT2D eigenvalue weighted by atomic mass is 9.85. The highest BCUT2D eigenvalue weighted by molar-refractivity contribution is 6.30. The zero-order valence-electron chi connectivity index (χ0n) is 21.3. The van der Waals surface area contributed by atoms with Gasteiger partial charge in [-0.05, 0) is 68.9 Å². The molecule has 9 heteroatoms. The van der Waals surface area contributed by atoms with Crippen LogP contribution in [0.4, 0.5) is 0 Å². The number of para-hydroxylation sites is 2. The third-order valence-electron chi connectivity index (χ3n) is 7.32. The maximum Gasteiger partial charge on any atom is 0.333 e. The number of imidazole rings is 1. The molecule has 2 heterocycles. The Bertz CT molecular complexity index is 1610. The molecule has 0 aliphatic heterocycles. The summed E-state index contributed by atoms with van der Waals surface area (Å²) in [7, 11) is 1.56. The van der Waals surface area contributed by atoms with Gasteiger partial charge < -0.3 is 10.1 Å². The third kappa shape index (κ3) is 4.90. The number of ether oxygens (including phenoxy) is 1. The molecule has 2 aromatic carbocycles. The van der Waals surface area contributed by atoms with Gasteiger partial charge in [0.25, 0.3) is 5.91 Å². The van der Waals surface area contributed by atoms with Crippen molar-refractivity contribution < 1.29 is 9.53 Å². The van der Waals surface area contributed by atoms with Gasteiger partial charge in [0.05, 0.1) is 45.7 Å². The summed E-state index contributed by atoms with van der Waals surface area (Å²) in [6.07, 6.45) is 4.95. The number of carbonyl (C=O) groups excluding carboxylic acids is 1. The molecule has 2 aromatic heterocycles. The van der Waals surface area contributed by atoms with E-state index in [1.54, 1.807) is 47.4 Å². The summed E-state index contributed by atoms with van der Waals surface area (Å²) in [6.45, 7) is 2.36. The highest BCUT2D eigenvalue weighted by atomic mass is 35.5. The first-order chi connectivity index (χ1) is 18.4. The molecule has 0 radical (unpaired) electrons. The Hall–Kier alpha value is -4.09. The van der Waals surface area contributed by atoms with Crippen molar-refractivity contribution in [2.24, 2.45) is 5.92 Å². The predicted molar refractivity (Wildman–Crippen MR) is 146 cm³/mol. The number of pyridine rings is 1. The third-order valence-corrected chi connectivity index (χ3v) is 7.53. The molecule has 194 valence electrons. The highest BCUT2D eigenvalue weighted by Gasteiger charge is 2.26. The normalized spacial score (nSPS) is 17.2. The van der Waals surface area contributed by atoms with Crippen LogP contribution < -0.4 is 15.7 Å². The van der Waals surface area contributed by atoms with Crippen LogP contribution in [-0.4, -0.2) is 33.2 Å². The molecule has 38 heavy (non-hydrogen) atoms. The maximum absolute atomic E-state index is 13.8. The number of hydrogen-bond acceptors (Lipinski definition) is 5. The molecule has 1 saturated carbocycles. The van der Waals surface area contributed by atoms with E-state index in [2.05, 4.69) is 16.4 Å². The predicted octanol–water partition coefficient (Wildman–Crippen LogP) is 5.02. The number of fused-ring (bicyclic) bond motifs is 1. The van der Waals surface area contributed by atoms with Gasteiger partial charge in [0.15, 0.2) is 0 Å².